The molecule has 1 aliphatic carbocycles. The van der Waals surface area contributed by atoms with E-state index in [1.54, 1.807) is 0 Å². The van der Waals surface area contributed by atoms with Gasteiger partial charge in [-0.1, -0.05) is 23.5 Å². The summed E-state index contributed by atoms with van der Waals surface area (Å²) in [7, 11) is 0. The van der Waals surface area contributed by atoms with Gasteiger partial charge in [-0.2, -0.15) is 18.4 Å². The Balaban J connectivity index is 1.17. The summed E-state index contributed by atoms with van der Waals surface area (Å²) >= 11 is 0.995. The first-order valence-electron chi connectivity index (χ1n) is 12.1. The zero-order valence-corrected chi connectivity index (χ0v) is 20.7. The van der Waals surface area contributed by atoms with Gasteiger partial charge in [-0.3, -0.25) is 4.90 Å². The molecule has 6 rings (SSSR count). The second-order valence-electron chi connectivity index (χ2n) is 10.3. The van der Waals surface area contributed by atoms with Gasteiger partial charge >= 0.3 is 6.18 Å². The van der Waals surface area contributed by atoms with Gasteiger partial charge in [0.15, 0.2) is 5.82 Å². The van der Waals surface area contributed by atoms with Crippen LogP contribution in [0.4, 0.5) is 19.0 Å². The standard InChI is InChI=1S/C26H25F3N6S/c1-16-19(3-2-18-8-17(11-30)9-20(16)18)12-34-6-4-25(13-34)5-7-35(14-25)23-22-24(32-15-31-23)36-21(33-22)10-26(27,28)29/h2-3,9,15H,4-8,10,12-14H2,1H3. The van der Waals surface area contributed by atoms with Crippen LogP contribution in [-0.4, -0.2) is 52.2 Å². The van der Waals surface area contributed by atoms with E-state index in [0.29, 0.717) is 16.2 Å². The van der Waals surface area contributed by atoms with Gasteiger partial charge in [0, 0.05) is 43.6 Å². The Bertz CT molecular complexity index is 1420. The summed E-state index contributed by atoms with van der Waals surface area (Å²) in [6, 6.07) is 6.64. The van der Waals surface area contributed by atoms with Crippen molar-refractivity contribution in [3.8, 4) is 6.07 Å². The van der Waals surface area contributed by atoms with E-state index in [1.807, 2.05) is 6.08 Å². The molecule has 2 saturated heterocycles. The van der Waals surface area contributed by atoms with Gasteiger partial charge < -0.3 is 4.90 Å². The van der Waals surface area contributed by atoms with Crippen molar-refractivity contribution < 1.29 is 13.2 Å². The Labute approximate surface area is 211 Å². The van der Waals surface area contributed by atoms with Crippen LogP contribution in [-0.2, 0) is 19.4 Å². The first-order chi connectivity index (χ1) is 17.2. The molecule has 4 heterocycles. The van der Waals surface area contributed by atoms with Crippen LogP contribution in [0.25, 0.3) is 16.4 Å². The molecule has 1 spiro atoms. The summed E-state index contributed by atoms with van der Waals surface area (Å²) in [5.41, 5.74) is 6.43. The average Bonchev–Trinajstić information content (AvgIpc) is 3.60. The highest BCUT2D eigenvalue weighted by atomic mass is 32.1. The fourth-order valence-corrected chi connectivity index (χ4v) is 6.90. The molecule has 6 nitrogen and oxygen atoms in total. The maximum Gasteiger partial charge on any atom is 0.395 e. The molecule has 186 valence electrons. The number of alkyl halides is 3. The molecule has 3 aromatic rings. The molecular formula is C26H25F3N6S. The molecule has 10 heteroatoms. The zero-order valence-electron chi connectivity index (χ0n) is 19.9. The molecule has 1 atom stereocenters. The Morgan fingerprint density at radius 2 is 2.00 bits per heavy atom. The van der Waals surface area contributed by atoms with Crippen LogP contribution < -0.4 is 4.90 Å². The van der Waals surface area contributed by atoms with E-state index in [1.165, 1.54) is 28.6 Å². The van der Waals surface area contributed by atoms with E-state index in [-0.39, 0.29) is 10.4 Å². The van der Waals surface area contributed by atoms with Gasteiger partial charge in [0.05, 0.1) is 12.5 Å². The molecule has 36 heavy (non-hydrogen) atoms. The van der Waals surface area contributed by atoms with Gasteiger partial charge in [-0.05, 0) is 54.6 Å². The molecule has 1 aromatic carbocycles. The molecule has 1 unspecified atom stereocenters. The number of anilines is 1. The first-order valence-corrected chi connectivity index (χ1v) is 12.9. The quantitative estimate of drug-likeness (QED) is 0.489. The number of nitriles is 1. The van der Waals surface area contributed by atoms with E-state index in [9.17, 15) is 18.4 Å². The minimum atomic E-state index is -4.29. The highest BCUT2D eigenvalue weighted by Gasteiger charge is 2.44. The molecule has 0 bridgehead atoms. The van der Waals surface area contributed by atoms with Crippen molar-refractivity contribution in [2.45, 2.75) is 45.3 Å². The van der Waals surface area contributed by atoms with Crippen LogP contribution in [0.1, 0.15) is 40.1 Å². The SMILES string of the molecule is Cc1c(CN2CCC3(CCN(c4ncnc5sc(CC(F)(F)F)nc45)C3)C2)ccc2c1C=C(C#N)C2. The molecular weight excluding hydrogens is 485 g/mol. The highest BCUT2D eigenvalue weighted by molar-refractivity contribution is 7.18. The van der Waals surface area contributed by atoms with Crippen molar-refractivity contribution in [3.63, 3.8) is 0 Å². The van der Waals surface area contributed by atoms with E-state index in [2.05, 4.69) is 49.9 Å². The van der Waals surface area contributed by atoms with E-state index in [0.717, 1.165) is 68.9 Å². The van der Waals surface area contributed by atoms with Crippen LogP contribution in [0, 0.1) is 23.7 Å². The number of rotatable bonds is 4. The Hall–Kier alpha value is -3.03. The first kappa shape index (κ1) is 23.4. The number of hydrogen-bond acceptors (Lipinski definition) is 7. The minimum absolute atomic E-state index is 0.0293. The van der Waals surface area contributed by atoms with Gasteiger partial charge in [0.2, 0.25) is 0 Å². The summed E-state index contributed by atoms with van der Waals surface area (Å²) in [6.45, 7) is 6.64. The van der Waals surface area contributed by atoms with Crippen molar-refractivity contribution in [2.24, 2.45) is 5.41 Å². The fraction of sp³-hybridized carbons (Fsp3) is 0.462. The number of allylic oxidation sites excluding steroid dienone is 1. The number of nitrogens with zero attached hydrogens (tertiary/aromatic N) is 6. The zero-order chi connectivity index (χ0) is 25.1. The molecule has 2 aliphatic heterocycles. The van der Waals surface area contributed by atoms with Crippen molar-refractivity contribution >= 4 is 33.6 Å². The average molecular weight is 511 g/mol. The van der Waals surface area contributed by atoms with Crippen molar-refractivity contribution in [1.82, 2.24) is 19.9 Å². The Morgan fingerprint density at radius 3 is 2.81 bits per heavy atom. The van der Waals surface area contributed by atoms with Crippen LogP contribution in [0.2, 0.25) is 0 Å². The third kappa shape index (κ3) is 4.24. The molecule has 2 fully saturated rings. The number of likely N-dealkylation sites (tertiary alicyclic amines) is 1. The van der Waals surface area contributed by atoms with Crippen LogP contribution in [0.3, 0.4) is 0 Å². The summed E-state index contributed by atoms with van der Waals surface area (Å²) in [5, 5.41) is 9.30. The smallest absolute Gasteiger partial charge is 0.354 e. The molecule has 2 aromatic heterocycles. The molecule has 0 N–H and O–H groups in total. The van der Waals surface area contributed by atoms with Crippen LogP contribution in [0.15, 0.2) is 24.0 Å². The third-order valence-corrected chi connectivity index (χ3v) is 8.75. The topological polar surface area (TPSA) is 68.9 Å². The number of benzene rings is 1. The van der Waals surface area contributed by atoms with Gasteiger partial charge in [-0.25, -0.2) is 15.0 Å². The van der Waals surface area contributed by atoms with Crippen molar-refractivity contribution in [3.05, 3.63) is 51.3 Å². The van der Waals surface area contributed by atoms with E-state index in [4.69, 9.17) is 0 Å². The Kier molecular flexibility index (Phi) is 5.54. The fourth-order valence-electron chi connectivity index (χ4n) is 5.98. The highest BCUT2D eigenvalue weighted by Crippen LogP contribution is 2.43. The molecule has 0 amide bonds. The monoisotopic (exact) mass is 510 g/mol. The number of thiazole rings is 1. The summed E-state index contributed by atoms with van der Waals surface area (Å²) < 4.78 is 38.7. The minimum Gasteiger partial charge on any atom is -0.354 e. The number of halogens is 3. The van der Waals surface area contributed by atoms with Gasteiger partial charge in [-0.15, -0.1) is 0 Å². The Morgan fingerprint density at radius 1 is 1.17 bits per heavy atom. The molecule has 0 radical (unpaired) electrons. The summed E-state index contributed by atoms with van der Waals surface area (Å²) in [5.74, 6) is 0.648. The lowest BCUT2D eigenvalue weighted by Gasteiger charge is -2.25. The third-order valence-electron chi connectivity index (χ3n) is 7.78. The van der Waals surface area contributed by atoms with Crippen molar-refractivity contribution in [1.29, 1.82) is 5.26 Å². The molecule has 0 saturated carbocycles. The maximum atomic E-state index is 12.9. The normalized spacial score (nSPS) is 22.0. The molecule has 3 aliphatic rings. The predicted octanol–water partition coefficient (Wildman–Crippen LogP) is 5.07. The maximum absolute atomic E-state index is 12.9. The van der Waals surface area contributed by atoms with Crippen LogP contribution >= 0.6 is 11.3 Å². The number of hydrogen-bond donors (Lipinski definition) is 0. The van der Waals surface area contributed by atoms with Crippen LogP contribution in [0.5, 0.6) is 0 Å². The van der Waals surface area contributed by atoms with E-state index < -0.39 is 12.6 Å². The van der Waals surface area contributed by atoms with Gasteiger partial charge in [0.1, 0.15) is 21.7 Å². The second kappa shape index (κ2) is 8.53. The summed E-state index contributed by atoms with van der Waals surface area (Å²) in [4.78, 5) is 18.1. The van der Waals surface area contributed by atoms with E-state index >= 15 is 0 Å². The largest absolute Gasteiger partial charge is 0.395 e. The van der Waals surface area contributed by atoms with Crippen molar-refractivity contribution in [2.75, 3.05) is 31.1 Å². The lowest BCUT2D eigenvalue weighted by atomic mass is 9.86. The summed E-state index contributed by atoms with van der Waals surface area (Å²) in [6.07, 6.45) is 0.947. The lowest BCUT2D eigenvalue weighted by Crippen LogP contribution is -2.31. The van der Waals surface area contributed by atoms with Gasteiger partial charge in [0.25, 0.3) is 0 Å². The lowest BCUT2D eigenvalue weighted by molar-refractivity contribution is -0.127. The second-order valence-corrected chi connectivity index (χ2v) is 11.3. The number of aromatic nitrogens is 3. The number of fused-ring (bicyclic) bond motifs is 2. The predicted molar refractivity (Wildman–Crippen MR) is 133 cm³/mol.